The summed E-state index contributed by atoms with van der Waals surface area (Å²) in [6, 6.07) is 0. The van der Waals surface area contributed by atoms with Crippen LogP contribution in [0.25, 0.3) is 0 Å². The van der Waals surface area contributed by atoms with Crippen molar-refractivity contribution in [3.63, 3.8) is 0 Å². The van der Waals surface area contributed by atoms with Crippen LogP contribution in [0, 0.1) is 0 Å². The van der Waals surface area contributed by atoms with E-state index in [4.69, 9.17) is 4.74 Å². The van der Waals surface area contributed by atoms with Gasteiger partial charge in [-0.15, -0.1) is 0 Å². The average molecular weight is 259 g/mol. The van der Waals surface area contributed by atoms with E-state index in [9.17, 15) is 5.11 Å². The van der Waals surface area contributed by atoms with Crippen LogP contribution in [0.4, 0.5) is 0 Å². The van der Waals surface area contributed by atoms with E-state index in [-0.39, 0.29) is 5.60 Å². The summed E-state index contributed by atoms with van der Waals surface area (Å²) in [5.74, 6) is 0. The Kier molecular flexibility index (Phi) is 10.7. The van der Waals surface area contributed by atoms with Gasteiger partial charge in [-0.05, 0) is 33.2 Å². The maximum atomic E-state index is 9.66. The molecule has 0 aromatic carbocycles. The standard InChI is InChI=1S/C15H33NO2/c1-5-7-8-9-10-11-12-13-16-14(17)18-15(3,4)6-2/h14,16-17H,5-13H2,1-4H3. The number of hydrogen-bond acceptors (Lipinski definition) is 3. The fraction of sp³-hybridized carbons (Fsp3) is 1.00. The number of rotatable bonds is 12. The monoisotopic (exact) mass is 259 g/mol. The van der Waals surface area contributed by atoms with Gasteiger partial charge in [-0.2, -0.15) is 0 Å². The molecule has 0 bridgehead atoms. The molecular weight excluding hydrogens is 226 g/mol. The Morgan fingerprint density at radius 2 is 1.56 bits per heavy atom. The molecule has 0 heterocycles. The van der Waals surface area contributed by atoms with Gasteiger partial charge >= 0.3 is 0 Å². The Hall–Kier alpha value is -0.120. The molecule has 0 amide bonds. The van der Waals surface area contributed by atoms with Crippen molar-refractivity contribution in [2.45, 2.75) is 91.1 Å². The van der Waals surface area contributed by atoms with E-state index in [0.29, 0.717) is 0 Å². The number of hydrogen-bond donors (Lipinski definition) is 2. The summed E-state index contributed by atoms with van der Waals surface area (Å²) in [6.45, 7) is 9.11. The van der Waals surface area contributed by atoms with Gasteiger partial charge < -0.3 is 9.84 Å². The molecule has 1 atom stereocenters. The van der Waals surface area contributed by atoms with Crippen LogP contribution in [0.1, 0.15) is 79.1 Å². The number of nitrogens with one attached hydrogen (secondary N) is 1. The number of aliphatic hydroxyl groups is 1. The molecular formula is C15H33NO2. The van der Waals surface area contributed by atoms with E-state index in [2.05, 4.69) is 19.2 Å². The first kappa shape index (κ1) is 17.9. The fourth-order valence-electron chi connectivity index (χ4n) is 1.73. The van der Waals surface area contributed by atoms with Gasteiger partial charge in [0.2, 0.25) is 6.41 Å². The van der Waals surface area contributed by atoms with Crippen molar-refractivity contribution in [1.82, 2.24) is 5.32 Å². The minimum atomic E-state index is -0.833. The predicted molar refractivity (Wildman–Crippen MR) is 77.5 cm³/mol. The molecule has 0 saturated heterocycles. The summed E-state index contributed by atoms with van der Waals surface area (Å²) in [6.07, 6.45) is 9.08. The Labute approximate surface area is 113 Å². The minimum Gasteiger partial charge on any atom is -0.356 e. The second-order valence-electron chi connectivity index (χ2n) is 5.66. The van der Waals surface area contributed by atoms with Crippen molar-refractivity contribution in [3.05, 3.63) is 0 Å². The number of aliphatic hydroxyl groups excluding tert-OH is 1. The minimum absolute atomic E-state index is 0.257. The summed E-state index contributed by atoms with van der Waals surface area (Å²) in [7, 11) is 0. The van der Waals surface area contributed by atoms with Crippen LogP contribution in [0.5, 0.6) is 0 Å². The average Bonchev–Trinajstić information content (AvgIpc) is 2.32. The van der Waals surface area contributed by atoms with E-state index in [1.807, 2.05) is 13.8 Å². The molecule has 18 heavy (non-hydrogen) atoms. The molecule has 0 rings (SSSR count). The highest BCUT2D eigenvalue weighted by molar-refractivity contribution is 4.65. The normalized spacial score (nSPS) is 13.8. The van der Waals surface area contributed by atoms with Gasteiger partial charge in [-0.25, -0.2) is 0 Å². The van der Waals surface area contributed by atoms with E-state index in [1.165, 1.54) is 38.5 Å². The third-order valence-electron chi connectivity index (χ3n) is 3.38. The van der Waals surface area contributed by atoms with Crippen molar-refractivity contribution in [1.29, 1.82) is 0 Å². The first-order valence-corrected chi connectivity index (χ1v) is 7.61. The molecule has 3 nitrogen and oxygen atoms in total. The molecule has 0 aromatic heterocycles. The maximum Gasteiger partial charge on any atom is 0.214 e. The third-order valence-corrected chi connectivity index (χ3v) is 3.38. The van der Waals surface area contributed by atoms with Crippen LogP contribution in [0.3, 0.4) is 0 Å². The predicted octanol–water partition coefficient (Wildman–Crippen LogP) is 3.81. The maximum absolute atomic E-state index is 9.66. The highest BCUT2D eigenvalue weighted by Crippen LogP contribution is 2.14. The lowest BCUT2D eigenvalue weighted by Crippen LogP contribution is -2.39. The zero-order valence-electron chi connectivity index (χ0n) is 12.8. The van der Waals surface area contributed by atoms with Crippen LogP contribution in [-0.2, 0) is 4.74 Å². The van der Waals surface area contributed by atoms with Gasteiger partial charge in [0.1, 0.15) is 0 Å². The topological polar surface area (TPSA) is 41.5 Å². The second kappa shape index (κ2) is 10.8. The molecule has 2 N–H and O–H groups in total. The largest absolute Gasteiger partial charge is 0.356 e. The Balaban J connectivity index is 3.33. The van der Waals surface area contributed by atoms with Gasteiger partial charge in [-0.3, -0.25) is 5.32 Å². The smallest absolute Gasteiger partial charge is 0.214 e. The lowest BCUT2D eigenvalue weighted by molar-refractivity contribution is -0.188. The first-order chi connectivity index (χ1) is 8.52. The van der Waals surface area contributed by atoms with Gasteiger partial charge in [0.05, 0.1) is 5.60 Å². The van der Waals surface area contributed by atoms with Gasteiger partial charge in [0.15, 0.2) is 0 Å². The quantitative estimate of drug-likeness (QED) is 0.414. The first-order valence-electron chi connectivity index (χ1n) is 7.61. The highest BCUT2D eigenvalue weighted by Gasteiger charge is 2.19. The van der Waals surface area contributed by atoms with Crippen LogP contribution < -0.4 is 5.32 Å². The molecule has 3 heteroatoms. The van der Waals surface area contributed by atoms with E-state index < -0.39 is 6.41 Å². The Morgan fingerprint density at radius 3 is 2.11 bits per heavy atom. The zero-order chi connectivity index (χ0) is 13.9. The zero-order valence-corrected chi connectivity index (χ0v) is 12.8. The highest BCUT2D eigenvalue weighted by atomic mass is 16.6. The van der Waals surface area contributed by atoms with E-state index in [1.54, 1.807) is 0 Å². The molecule has 0 radical (unpaired) electrons. The fourth-order valence-corrected chi connectivity index (χ4v) is 1.73. The van der Waals surface area contributed by atoms with Crippen molar-refractivity contribution < 1.29 is 9.84 Å². The molecule has 1 unspecified atom stereocenters. The number of ether oxygens (including phenoxy) is 1. The van der Waals surface area contributed by atoms with Crippen molar-refractivity contribution >= 4 is 0 Å². The Bertz CT molecular complexity index is 183. The van der Waals surface area contributed by atoms with Gasteiger partial charge in [-0.1, -0.05) is 52.4 Å². The molecule has 0 aliphatic carbocycles. The molecule has 0 saturated carbocycles. The lowest BCUT2D eigenvalue weighted by atomic mass is 10.1. The second-order valence-corrected chi connectivity index (χ2v) is 5.66. The number of unbranched alkanes of at least 4 members (excludes halogenated alkanes) is 6. The van der Waals surface area contributed by atoms with Crippen LogP contribution in [0.15, 0.2) is 0 Å². The lowest BCUT2D eigenvalue weighted by Gasteiger charge is -2.27. The molecule has 0 fully saturated rings. The molecule has 0 spiro atoms. The summed E-state index contributed by atoms with van der Waals surface area (Å²) < 4.78 is 5.49. The van der Waals surface area contributed by atoms with Crippen molar-refractivity contribution in [2.24, 2.45) is 0 Å². The SMILES string of the molecule is CCCCCCCCCNC(O)OC(C)(C)CC. The molecule has 110 valence electrons. The van der Waals surface area contributed by atoms with Crippen molar-refractivity contribution in [3.8, 4) is 0 Å². The van der Waals surface area contributed by atoms with Crippen molar-refractivity contribution in [2.75, 3.05) is 6.54 Å². The Morgan fingerprint density at radius 1 is 1.00 bits per heavy atom. The molecule has 0 aliphatic rings. The van der Waals surface area contributed by atoms with Crippen LogP contribution in [-0.4, -0.2) is 23.7 Å². The summed E-state index contributed by atoms with van der Waals surface area (Å²) in [4.78, 5) is 0. The summed E-state index contributed by atoms with van der Waals surface area (Å²) >= 11 is 0. The van der Waals surface area contributed by atoms with E-state index in [0.717, 1.165) is 19.4 Å². The van der Waals surface area contributed by atoms with Gasteiger partial charge in [0, 0.05) is 0 Å². The van der Waals surface area contributed by atoms with E-state index >= 15 is 0 Å². The van der Waals surface area contributed by atoms with Gasteiger partial charge in [0.25, 0.3) is 0 Å². The van der Waals surface area contributed by atoms with Crippen LogP contribution >= 0.6 is 0 Å². The van der Waals surface area contributed by atoms with Crippen LogP contribution in [0.2, 0.25) is 0 Å². The molecule has 0 aromatic rings. The summed E-state index contributed by atoms with van der Waals surface area (Å²) in [5.41, 5.74) is -0.257. The molecule has 0 aliphatic heterocycles. The third kappa shape index (κ3) is 11.0. The summed E-state index contributed by atoms with van der Waals surface area (Å²) in [5, 5.41) is 12.7.